The van der Waals surface area contributed by atoms with Gasteiger partial charge in [0.15, 0.2) is 5.78 Å². The van der Waals surface area contributed by atoms with Crippen molar-refractivity contribution in [2.75, 3.05) is 13.1 Å². The number of hydrogen-bond acceptors (Lipinski definition) is 3. The highest BCUT2D eigenvalue weighted by atomic mass is 32.1. The van der Waals surface area contributed by atoms with E-state index in [-0.39, 0.29) is 23.2 Å². The number of ketones is 1. The Morgan fingerprint density at radius 1 is 1.12 bits per heavy atom. The van der Waals surface area contributed by atoms with Crippen molar-refractivity contribution < 1.29 is 18.4 Å². The van der Waals surface area contributed by atoms with E-state index in [1.54, 1.807) is 4.90 Å². The van der Waals surface area contributed by atoms with E-state index in [1.165, 1.54) is 11.3 Å². The Labute approximate surface area is 142 Å². The molecular weight excluding hydrogens is 332 g/mol. The zero-order chi connectivity index (χ0) is 17.3. The van der Waals surface area contributed by atoms with Gasteiger partial charge in [0.1, 0.15) is 11.6 Å². The third kappa shape index (κ3) is 3.38. The van der Waals surface area contributed by atoms with Crippen LogP contribution in [0.4, 0.5) is 8.78 Å². The van der Waals surface area contributed by atoms with Crippen LogP contribution in [0.2, 0.25) is 0 Å². The maximum Gasteiger partial charge on any atom is 0.263 e. The maximum atomic E-state index is 13.8. The van der Waals surface area contributed by atoms with Crippen molar-refractivity contribution in [1.82, 2.24) is 4.90 Å². The Balaban J connectivity index is 1.65. The zero-order valence-corrected chi connectivity index (χ0v) is 14.0. The number of hydrogen-bond donors (Lipinski definition) is 0. The van der Waals surface area contributed by atoms with Gasteiger partial charge in [-0.25, -0.2) is 8.78 Å². The van der Waals surface area contributed by atoms with Crippen molar-refractivity contribution in [3.8, 4) is 0 Å². The molecule has 1 aromatic heterocycles. The van der Waals surface area contributed by atoms with Crippen LogP contribution < -0.4 is 0 Å². The number of piperidine rings is 1. The minimum atomic E-state index is -0.700. The van der Waals surface area contributed by atoms with Gasteiger partial charge < -0.3 is 4.90 Å². The van der Waals surface area contributed by atoms with Crippen LogP contribution in [0.1, 0.15) is 37.7 Å². The average molecular weight is 349 g/mol. The fourth-order valence-electron chi connectivity index (χ4n) is 2.96. The van der Waals surface area contributed by atoms with Gasteiger partial charge in [0, 0.05) is 23.9 Å². The van der Waals surface area contributed by atoms with Crippen LogP contribution in [0.25, 0.3) is 0 Å². The van der Waals surface area contributed by atoms with Crippen molar-refractivity contribution in [3.63, 3.8) is 0 Å². The number of nitrogens with zero attached hydrogens (tertiary/aromatic N) is 1. The molecule has 1 fully saturated rings. The molecule has 0 saturated carbocycles. The van der Waals surface area contributed by atoms with E-state index in [2.05, 4.69) is 0 Å². The summed E-state index contributed by atoms with van der Waals surface area (Å²) in [6, 6.07) is 6.63. The first-order valence-electron chi connectivity index (χ1n) is 7.80. The van der Waals surface area contributed by atoms with Gasteiger partial charge in [-0.2, -0.15) is 0 Å². The van der Waals surface area contributed by atoms with E-state index in [1.807, 2.05) is 19.1 Å². The summed E-state index contributed by atoms with van der Waals surface area (Å²) in [6.07, 6.45) is 0.926. The van der Waals surface area contributed by atoms with Crippen LogP contribution >= 0.6 is 11.3 Å². The second-order valence-corrected chi connectivity index (χ2v) is 7.25. The molecule has 0 N–H and O–H groups in total. The minimum absolute atomic E-state index is 0.0315. The lowest BCUT2D eigenvalue weighted by Gasteiger charge is -2.31. The summed E-state index contributed by atoms with van der Waals surface area (Å²) < 4.78 is 27.0. The molecule has 24 heavy (non-hydrogen) atoms. The Morgan fingerprint density at radius 3 is 2.46 bits per heavy atom. The molecule has 1 saturated heterocycles. The van der Waals surface area contributed by atoms with Crippen molar-refractivity contribution in [2.45, 2.75) is 19.8 Å². The molecule has 3 rings (SSSR count). The highest BCUT2D eigenvalue weighted by molar-refractivity contribution is 7.13. The summed E-state index contributed by atoms with van der Waals surface area (Å²) in [5.74, 6) is -2.12. The minimum Gasteiger partial charge on any atom is -0.338 e. The van der Waals surface area contributed by atoms with Gasteiger partial charge in [0.25, 0.3) is 5.91 Å². The molecule has 0 unspecified atom stereocenters. The first kappa shape index (κ1) is 16.8. The normalized spacial score (nSPS) is 15.5. The Bertz CT molecular complexity index is 779. The van der Waals surface area contributed by atoms with E-state index in [4.69, 9.17) is 0 Å². The van der Waals surface area contributed by atoms with Gasteiger partial charge in [-0.05, 0) is 50.1 Å². The third-order valence-corrected chi connectivity index (χ3v) is 5.29. The van der Waals surface area contributed by atoms with E-state index in [9.17, 15) is 18.4 Å². The zero-order valence-electron chi connectivity index (χ0n) is 13.2. The molecule has 6 heteroatoms. The predicted octanol–water partition coefficient (Wildman–Crippen LogP) is 4.07. The number of amides is 1. The second kappa shape index (κ2) is 6.81. The topological polar surface area (TPSA) is 37.4 Å². The summed E-state index contributed by atoms with van der Waals surface area (Å²) in [4.78, 5) is 28.3. The van der Waals surface area contributed by atoms with Crippen molar-refractivity contribution in [3.05, 3.63) is 57.3 Å². The smallest absolute Gasteiger partial charge is 0.263 e. The van der Waals surface area contributed by atoms with Crippen LogP contribution in [-0.4, -0.2) is 29.7 Å². The van der Waals surface area contributed by atoms with E-state index < -0.39 is 11.6 Å². The molecule has 1 aliphatic rings. The number of likely N-dealkylation sites (tertiary alicyclic amines) is 1. The summed E-state index contributed by atoms with van der Waals surface area (Å²) in [7, 11) is 0. The maximum absolute atomic E-state index is 13.8. The Morgan fingerprint density at radius 2 is 1.83 bits per heavy atom. The molecule has 1 aliphatic heterocycles. The lowest BCUT2D eigenvalue weighted by atomic mass is 9.88. The third-order valence-electron chi connectivity index (χ3n) is 4.30. The van der Waals surface area contributed by atoms with Crippen LogP contribution in [0, 0.1) is 24.5 Å². The molecular formula is C18H17F2NO2S. The monoisotopic (exact) mass is 349 g/mol. The molecule has 0 radical (unpaired) electrons. The fourth-order valence-corrected chi connectivity index (χ4v) is 3.79. The molecule has 0 spiro atoms. The number of carbonyl (C=O) groups excluding carboxylic acids is 2. The number of Topliss-reactive ketones (excluding diaryl/α,β-unsaturated/α-hetero) is 1. The number of benzene rings is 1. The SMILES string of the molecule is Cc1ccc(C(=O)N2CCC(C(=O)c3cc(F)ccc3F)CC2)s1. The molecule has 0 atom stereocenters. The predicted molar refractivity (Wildman–Crippen MR) is 88.4 cm³/mol. The standard InChI is InChI=1S/C18H17F2NO2S/c1-11-2-5-16(24-11)18(23)21-8-6-12(7-9-21)17(22)14-10-13(19)3-4-15(14)20/h2-5,10,12H,6-9H2,1H3. The van der Waals surface area contributed by atoms with Gasteiger partial charge >= 0.3 is 0 Å². The number of halogens is 2. The summed E-state index contributed by atoms with van der Waals surface area (Å²) in [6.45, 7) is 2.84. The summed E-state index contributed by atoms with van der Waals surface area (Å²) >= 11 is 1.45. The lowest BCUT2D eigenvalue weighted by Crippen LogP contribution is -2.40. The van der Waals surface area contributed by atoms with Crippen LogP contribution in [0.3, 0.4) is 0 Å². The number of aryl methyl sites for hydroxylation is 1. The molecule has 0 bridgehead atoms. The van der Waals surface area contributed by atoms with E-state index >= 15 is 0 Å². The van der Waals surface area contributed by atoms with Crippen molar-refractivity contribution >= 4 is 23.0 Å². The highest BCUT2D eigenvalue weighted by Crippen LogP contribution is 2.26. The average Bonchev–Trinajstić information content (AvgIpc) is 3.02. The van der Waals surface area contributed by atoms with Crippen molar-refractivity contribution in [2.24, 2.45) is 5.92 Å². The molecule has 1 amide bonds. The fraction of sp³-hybridized carbons (Fsp3) is 0.333. The van der Waals surface area contributed by atoms with Gasteiger partial charge in [-0.15, -0.1) is 11.3 Å². The summed E-state index contributed by atoms with van der Waals surface area (Å²) in [5.41, 5.74) is -0.200. The first-order valence-corrected chi connectivity index (χ1v) is 8.62. The van der Waals surface area contributed by atoms with Crippen LogP contribution in [0.5, 0.6) is 0 Å². The van der Waals surface area contributed by atoms with Gasteiger partial charge in [0.05, 0.1) is 10.4 Å². The van der Waals surface area contributed by atoms with Gasteiger partial charge in [0.2, 0.25) is 0 Å². The van der Waals surface area contributed by atoms with E-state index in [0.717, 1.165) is 23.1 Å². The van der Waals surface area contributed by atoms with Gasteiger partial charge in [-0.3, -0.25) is 9.59 Å². The second-order valence-electron chi connectivity index (χ2n) is 5.97. The number of thiophene rings is 1. The lowest BCUT2D eigenvalue weighted by molar-refractivity contribution is 0.0653. The summed E-state index contributed by atoms with van der Waals surface area (Å²) in [5, 5.41) is 0. The molecule has 2 heterocycles. The largest absolute Gasteiger partial charge is 0.338 e. The number of rotatable bonds is 3. The highest BCUT2D eigenvalue weighted by Gasteiger charge is 2.30. The molecule has 0 aliphatic carbocycles. The number of carbonyl (C=O) groups is 2. The molecule has 126 valence electrons. The van der Waals surface area contributed by atoms with E-state index in [0.29, 0.717) is 30.8 Å². The molecule has 1 aromatic carbocycles. The van der Waals surface area contributed by atoms with Gasteiger partial charge in [-0.1, -0.05) is 0 Å². The molecule has 2 aromatic rings. The van der Waals surface area contributed by atoms with Crippen LogP contribution in [-0.2, 0) is 0 Å². The Hall–Kier alpha value is -2.08. The first-order chi connectivity index (χ1) is 11.5. The van der Waals surface area contributed by atoms with Crippen molar-refractivity contribution in [1.29, 1.82) is 0 Å². The quantitative estimate of drug-likeness (QED) is 0.784. The molecule has 3 nitrogen and oxygen atoms in total. The Kier molecular flexibility index (Phi) is 4.76. The van der Waals surface area contributed by atoms with Crippen LogP contribution in [0.15, 0.2) is 30.3 Å².